The van der Waals surface area contributed by atoms with E-state index in [1.54, 1.807) is 45.2 Å². The van der Waals surface area contributed by atoms with Crippen LogP contribution < -0.4 is 14.4 Å². The van der Waals surface area contributed by atoms with E-state index in [0.29, 0.717) is 11.3 Å². The molecule has 2 rings (SSSR count). The molecule has 2 atom stereocenters. The second-order valence-corrected chi connectivity index (χ2v) is 8.83. The lowest BCUT2D eigenvalue weighted by atomic mass is 10.1. The highest BCUT2D eigenvalue weighted by atomic mass is 32.2. The SMILES string of the molecule is COc1ccc(C(C)NC(=O)C(C)N(c2cc([N+](=O)[O-])ccc2C)S(C)(=O)=O)cc1. The van der Waals surface area contributed by atoms with Crippen LogP contribution in [0.15, 0.2) is 42.5 Å². The fraction of sp³-hybridized carbons (Fsp3) is 0.350. The Morgan fingerprint density at radius 3 is 2.27 bits per heavy atom. The van der Waals surface area contributed by atoms with Gasteiger partial charge in [0.25, 0.3) is 5.69 Å². The second kappa shape index (κ2) is 9.12. The summed E-state index contributed by atoms with van der Waals surface area (Å²) in [5, 5.41) is 13.9. The molecule has 0 heterocycles. The van der Waals surface area contributed by atoms with E-state index in [9.17, 15) is 23.3 Å². The highest BCUT2D eigenvalue weighted by molar-refractivity contribution is 7.92. The number of carbonyl (C=O) groups excluding carboxylic acids is 1. The van der Waals surface area contributed by atoms with Crippen LogP contribution >= 0.6 is 0 Å². The van der Waals surface area contributed by atoms with Gasteiger partial charge in [-0.3, -0.25) is 19.2 Å². The number of benzene rings is 2. The lowest BCUT2D eigenvalue weighted by molar-refractivity contribution is -0.384. The number of hydrogen-bond acceptors (Lipinski definition) is 6. The molecule has 1 amide bonds. The van der Waals surface area contributed by atoms with Crippen molar-refractivity contribution in [2.24, 2.45) is 0 Å². The Morgan fingerprint density at radius 1 is 1.17 bits per heavy atom. The summed E-state index contributed by atoms with van der Waals surface area (Å²) in [5.74, 6) is 0.143. The second-order valence-electron chi connectivity index (χ2n) is 6.97. The third-order valence-electron chi connectivity index (χ3n) is 4.70. The van der Waals surface area contributed by atoms with Gasteiger partial charge >= 0.3 is 0 Å². The Balaban J connectivity index is 2.33. The van der Waals surface area contributed by atoms with Crippen molar-refractivity contribution in [1.29, 1.82) is 0 Å². The number of sulfonamides is 1. The first-order valence-electron chi connectivity index (χ1n) is 9.14. The summed E-state index contributed by atoms with van der Waals surface area (Å²) < 4.78 is 31.0. The predicted octanol–water partition coefficient (Wildman–Crippen LogP) is 2.94. The van der Waals surface area contributed by atoms with Crippen molar-refractivity contribution in [2.45, 2.75) is 32.9 Å². The standard InChI is InChI=1S/C20H25N3O6S/c1-13-6-9-17(23(25)26)12-19(13)22(30(5,27)28)15(3)20(24)21-14(2)16-7-10-18(29-4)11-8-16/h6-12,14-15H,1-5H3,(H,21,24). The van der Waals surface area contributed by atoms with Gasteiger partial charge in [-0.05, 0) is 44.0 Å². The van der Waals surface area contributed by atoms with Gasteiger partial charge in [0.2, 0.25) is 15.9 Å². The predicted molar refractivity (Wildman–Crippen MR) is 114 cm³/mol. The molecule has 0 aliphatic heterocycles. The molecule has 0 aliphatic carbocycles. The molecular weight excluding hydrogens is 410 g/mol. The van der Waals surface area contributed by atoms with E-state index >= 15 is 0 Å². The van der Waals surface area contributed by atoms with E-state index in [4.69, 9.17) is 4.74 Å². The van der Waals surface area contributed by atoms with Crippen LogP contribution in [0.5, 0.6) is 5.75 Å². The van der Waals surface area contributed by atoms with E-state index < -0.39 is 32.9 Å². The van der Waals surface area contributed by atoms with Crippen molar-refractivity contribution in [3.8, 4) is 5.75 Å². The van der Waals surface area contributed by atoms with Gasteiger partial charge in [0, 0.05) is 12.1 Å². The van der Waals surface area contributed by atoms with Crippen LogP contribution in [0.25, 0.3) is 0 Å². The summed E-state index contributed by atoms with van der Waals surface area (Å²) in [4.78, 5) is 23.4. The Hall–Kier alpha value is -3.14. The maximum Gasteiger partial charge on any atom is 0.271 e. The van der Waals surface area contributed by atoms with Gasteiger partial charge in [-0.1, -0.05) is 18.2 Å². The van der Waals surface area contributed by atoms with Gasteiger partial charge in [-0.25, -0.2) is 8.42 Å². The van der Waals surface area contributed by atoms with Crippen LogP contribution in [0.4, 0.5) is 11.4 Å². The topological polar surface area (TPSA) is 119 Å². The number of amides is 1. The molecule has 0 saturated heterocycles. The van der Waals surface area contributed by atoms with E-state index in [1.165, 1.54) is 19.1 Å². The molecule has 2 aromatic carbocycles. The van der Waals surface area contributed by atoms with E-state index in [1.807, 2.05) is 0 Å². The fourth-order valence-corrected chi connectivity index (χ4v) is 4.26. The first-order chi connectivity index (χ1) is 14.0. The fourth-order valence-electron chi connectivity index (χ4n) is 3.04. The van der Waals surface area contributed by atoms with Gasteiger partial charge in [-0.2, -0.15) is 0 Å². The monoisotopic (exact) mass is 435 g/mol. The van der Waals surface area contributed by atoms with Gasteiger partial charge in [0.1, 0.15) is 11.8 Å². The number of anilines is 1. The van der Waals surface area contributed by atoms with E-state index in [-0.39, 0.29) is 11.4 Å². The number of nitro benzene ring substituents is 1. The first kappa shape index (κ1) is 23.1. The van der Waals surface area contributed by atoms with E-state index in [0.717, 1.165) is 22.2 Å². The number of carbonyl (C=O) groups is 1. The molecule has 10 heteroatoms. The van der Waals surface area contributed by atoms with Crippen molar-refractivity contribution < 1.29 is 22.9 Å². The number of ether oxygens (including phenoxy) is 1. The zero-order valence-corrected chi connectivity index (χ0v) is 18.3. The number of rotatable bonds is 8. The highest BCUT2D eigenvalue weighted by Crippen LogP contribution is 2.29. The Morgan fingerprint density at radius 2 is 1.77 bits per heavy atom. The third kappa shape index (κ3) is 5.26. The lowest BCUT2D eigenvalue weighted by Crippen LogP contribution is -2.48. The molecule has 2 unspecified atom stereocenters. The molecule has 1 N–H and O–H groups in total. The molecular formula is C20H25N3O6S. The molecule has 162 valence electrons. The van der Waals surface area contributed by atoms with Gasteiger partial charge in [0.05, 0.1) is 30.0 Å². The summed E-state index contributed by atoms with van der Waals surface area (Å²) in [5.41, 5.74) is 1.14. The average Bonchev–Trinajstić information content (AvgIpc) is 2.68. The lowest BCUT2D eigenvalue weighted by Gasteiger charge is -2.30. The molecule has 0 radical (unpaired) electrons. The number of nitrogens with one attached hydrogen (secondary N) is 1. The molecule has 9 nitrogen and oxygen atoms in total. The quantitative estimate of drug-likeness (QED) is 0.503. The largest absolute Gasteiger partial charge is 0.497 e. The molecule has 0 bridgehead atoms. The van der Waals surface area contributed by atoms with Crippen molar-refractivity contribution in [1.82, 2.24) is 5.32 Å². The summed E-state index contributed by atoms with van der Waals surface area (Å²) in [6.45, 7) is 4.84. The minimum atomic E-state index is -3.90. The molecule has 0 spiro atoms. The van der Waals surface area contributed by atoms with Crippen LogP contribution in [0.1, 0.15) is 31.0 Å². The highest BCUT2D eigenvalue weighted by Gasteiger charge is 2.31. The van der Waals surface area contributed by atoms with Gasteiger partial charge < -0.3 is 10.1 Å². The summed E-state index contributed by atoms with van der Waals surface area (Å²) in [6.07, 6.45) is 0.960. The first-order valence-corrected chi connectivity index (χ1v) is 11.0. The minimum absolute atomic E-state index is 0.0893. The number of nitro groups is 1. The van der Waals surface area contributed by atoms with Crippen LogP contribution in [-0.4, -0.2) is 38.7 Å². The smallest absolute Gasteiger partial charge is 0.271 e. The normalized spacial score (nSPS) is 13.2. The maximum absolute atomic E-state index is 12.9. The van der Waals surface area contributed by atoms with Gasteiger partial charge in [0.15, 0.2) is 0 Å². The Bertz CT molecular complexity index is 1040. The minimum Gasteiger partial charge on any atom is -0.497 e. The number of aryl methyl sites for hydroxylation is 1. The zero-order valence-electron chi connectivity index (χ0n) is 17.4. The van der Waals surface area contributed by atoms with Crippen LogP contribution in [0.3, 0.4) is 0 Å². The summed E-state index contributed by atoms with van der Waals surface area (Å²) >= 11 is 0. The van der Waals surface area contributed by atoms with Crippen LogP contribution in [-0.2, 0) is 14.8 Å². The van der Waals surface area contributed by atoms with Crippen molar-refractivity contribution in [3.63, 3.8) is 0 Å². The molecule has 0 aromatic heterocycles. The summed E-state index contributed by atoms with van der Waals surface area (Å²) in [6, 6.07) is 9.51. The molecule has 0 fully saturated rings. The Labute approximate surface area is 175 Å². The van der Waals surface area contributed by atoms with Crippen molar-refractivity contribution in [2.75, 3.05) is 17.7 Å². The summed E-state index contributed by atoms with van der Waals surface area (Å²) in [7, 11) is -2.35. The number of non-ortho nitro benzene ring substituents is 1. The molecule has 0 saturated carbocycles. The number of nitrogens with zero attached hydrogens (tertiary/aromatic N) is 2. The number of hydrogen-bond donors (Lipinski definition) is 1. The molecule has 2 aromatic rings. The molecule has 0 aliphatic rings. The zero-order chi connectivity index (χ0) is 22.6. The average molecular weight is 436 g/mol. The van der Waals surface area contributed by atoms with Crippen LogP contribution in [0.2, 0.25) is 0 Å². The van der Waals surface area contributed by atoms with Crippen molar-refractivity contribution >= 4 is 27.3 Å². The van der Waals surface area contributed by atoms with E-state index in [2.05, 4.69) is 5.32 Å². The number of methoxy groups -OCH3 is 1. The third-order valence-corrected chi connectivity index (χ3v) is 5.93. The van der Waals surface area contributed by atoms with Crippen molar-refractivity contribution in [3.05, 3.63) is 63.7 Å². The molecule has 30 heavy (non-hydrogen) atoms. The van der Waals surface area contributed by atoms with Gasteiger partial charge in [-0.15, -0.1) is 0 Å². The maximum atomic E-state index is 12.9. The van der Waals surface area contributed by atoms with Crippen LogP contribution in [0, 0.1) is 17.0 Å². The Kier molecular flexibility index (Phi) is 7.04.